The van der Waals surface area contributed by atoms with Crippen molar-refractivity contribution >= 4 is 28.7 Å². The fourth-order valence-corrected chi connectivity index (χ4v) is 3.16. The number of fused-ring (bicyclic) bond motifs is 1. The minimum atomic E-state index is -1.28. The van der Waals surface area contributed by atoms with Crippen LogP contribution < -0.4 is 5.32 Å². The van der Waals surface area contributed by atoms with Crippen LogP contribution in [0.5, 0.6) is 5.75 Å². The highest BCUT2D eigenvalue weighted by Crippen LogP contribution is 2.33. The lowest BCUT2D eigenvalue weighted by atomic mass is 10.1. The van der Waals surface area contributed by atoms with Crippen LogP contribution in [0.2, 0.25) is 0 Å². The minimum absolute atomic E-state index is 0.00133. The van der Waals surface area contributed by atoms with Crippen molar-refractivity contribution in [3.05, 3.63) is 64.6 Å². The van der Waals surface area contributed by atoms with Gasteiger partial charge < -0.3 is 15.5 Å². The predicted octanol–water partition coefficient (Wildman–Crippen LogP) is 2.50. The third-order valence-corrected chi connectivity index (χ3v) is 4.56. The molecule has 0 fully saturated rings. The molecule has 0 bridgehead atoms. The van der Waals surface area contributed by atoms with Gasteiger partial charge in [0.2, 0.25) is 5.91 Å². The van der Waals surface area contributed by atoms with E-state index in [0.717, 1.165) is 22.8 Å². The highest BCUT2D eigenvalue weighted by atomic mass is 19.2. The van der Waals surface area contributed by atoms with Crippen molar-refractivity contribution in [2.75, 3.05) is 6.54 Å². The first-order chi connectivity index (χ1) is 14.1. The summed E-state index contributed by atoms with van der Waals surface area (Å²) < 4.78 is 42.5. The Balaban J connectivity index is 2.15. The van der Waals surface area contributed by atoms with E-state index in [1.54, 1.807) is 0 Å². The van der Waals surface area contributed by atoms with Crippen LogP contribution in [0.3, 0.4) is 0 Å². The predicted molar refractivity (Wildman–Crippen MR) is 98.7 cm³/mol. The molecule has 10 heteroatoms. The molecule has 0 spiro atoms. The number of nitrogens with zero attached hydrogens (tertiary/aromatic N) is 1. The summed E-state index contributed by atoms with van der Waals surface area (Å²) in [6.45, 7) is 0.756. The fraction of sp³-hybridized carbons (Fsp3) is 0.150. The van der Waals surface area contributed by atoms with Gasteiger partial charge >= 0.3 is 5.97 Å². The zero-order valence-corrected chi connectivity index (χ0v) is 15.5. The molecule has 1 amide bonds. The van der Waals surface area contributed by atoms with Crippen LogP contribution in [0.4, 0.5) is 13.2 Å². The second kappa shape index (κ2) is 7.90. The van der Waals surface area contributed by atoms with Gasteiger partial charge in [-0.2, -0.15) is 0 Å². The summed E-state index contributed by atoms with van der Waals surface area (Å²) in [5, 5.41) is 20.3. The van der Waals surface area contributed by atoms with E-state index in [9.17, 15) is 32.7 Å². The van der Waals surface area contributed by atoms with Crippen LogP contribution in [0.1, 0.15) is 21.6 Å². The molecule has 0 aliphatic heterocycles. The molecule has 0 atom stereocenters. The smallest absolute Gasteiger partial charge is 0.322 e. The van der Waals surface area contributed by atoms with Crippen LogP contribution in [-0.4, -0.2) is 39.1 Å². The van der Waals surface area contributed by atoms with Crippen molar-refractivity contribution in [1.29, 1.82) is 0 Å². The lowest BCUT2D eigenvalue weighted by molar-refractivity contribution is -0.137. The number of carboxylic acid groups (broad SMARTS) is 1. The number of carboxylic acids is 1. The number of hydrogen-bond donors (Lipinski definition) is 3. The highest BCUT2D eigenvalue weighted by molar-refractivity contribution is 6.05. The monoisotopic (exact) mass is 420 g/mol. The summed E-state index contributed by atoms with van der Waals surface area (Å²) in [5.41, 5.74) is -0.0604. The number of halogens is 3. The van der Waals surface area contributed by atoms with Crippen molar-refractivity contribution < 1.29 is 37.8 Å². The number of hydrogen-bond acceptors (Lipinski definition) is 4. The van der Waals surface area contributed by atoms with Crippen molar-refractivity contribution in [2.45, 2.75) is 13.3 Å². The number of amides is 1. The van der Waals surface area contributed by atoms with Crippen LogP contribution in [0, 0.1) is 24.4 Å². The van der Waals surface area contributed by atoms with Crippen molar-refractivity contribution in [3.8, 4) is 5.75 Å². The quantitative estimate of drug-likeness (QED) is 0.588. The number of rotatable bonds is 5. The zero-order valence-electron chi connectivity index (χ0n) is 15.5. The molecule has 30 heavy (non-hydrogen) atoms. The van der Waals surface area contributed by atoms with Crippen molar-refractivity contribution in [1.82, 2.24) is 9.88 Å². The standard InChI is InChI=1S/C20H15F3N2O5/c1-9-11(7-16(27)24-8-17(28)29)18-14(4-5-15(26)19(18)23)25(9)20(30)10-2-3-12(21)13(22)6-10/h2-6,26H,7-8H2,1H3,(H,24,27)(H,28,29). The first-order valence-corrected chi connectivity index (χ1v) is 8.61. The molecule has 1 aromatic heterocycles. The van der Waals surface area contributed by atoms with Crippen LogP contribution in [0.25, 0.3) is 10.9 Å². The lowest BCUT2D eigenvalue weighted by Crippen LogP contribution is -2.30. The summed E-state index contributed by atoms with van der Waals surface area (Å²) in [6, 6.07) is 4.79. The number of aromatic nitrogens is 1. The van der Waals surface area contributed by atoms with E-state index in [-0.39, 0.29) is 27.7 Å². The zero-order chi connectivity index (χ0) is 22.2. The van der Waals surface area contributed by atoms with Crippen LogP contribution in [-0.2, 0) is 16.0 Å². The average molecular weight is 420 g/mol. The maximum atomic E-state index is 14.7. The number of aromatic hydroxyl groups is 1. The number of carbonyl (C=O) groups is 3. The van der Waals surface area contributed by atoms with Gasteiger partial charge in [-0.15, -0.1) is 0 Å². The van der Waals surface area contributed by atoms with Gasteiger partial charge in [-0.25, -0.2) is 13.2 Å². The maximum Gasteiger partial charge on any atom is 0.322 e. The van der Waals surface area contributed by atoms with E-state index >= 15 is 0 Å². The Morgan fingerprint density at radius 2 is 1.77 bits per heavy atom. The summed E-state index contributed by atoms with van der Waals surface area (Å²) in [5.74, 6) is -7.01. The summed E-state index contributed by atoms with van der Waals surface area (Å²) in [4.78, 5) is 35.7. The molecule has 3 aromatic rings. The SMILES string of the molecule is Cc1c(CC(=O)NCC(=O)O)c2c(F)c(O)ccc2n1C(=O)c1ccc(F)c(F)c1. The highest BCUT2D eigenvalue weighted by Gasteiger charge is 2.25. The molecule has 156 valence electrons. The maximum absolute atomic E-state index is 14.7. The number of phenolic OH excluding ortho intramolecular Hbond substituents is 1. The van der Waals surface area contributed by atoms with Gasteiger partial charge in [-0.3, -0.25) is 19.0 Å². The molecule has 0 saturated carbocycles. The van der Waals surface area contributed by atoms with E-state index in [1.165, 1.54) is 13.0 Å². The first-order valence-electron chi connectivity index (χ1n) is 8.61. The van der Waals surface area contributed by atoms with E-state index in [1.807, 2.05) is 0 Å². The van der Waals surface area contributed by atoms with Crippen LogP contribution in [0.15, 0.2) is 30.3 Å². The van der Waals surface area contributed by atoms with Gasteiger partial charge in [0.05, 0.1) is 11.9 Å². The topological polar surface area (TPSA) is 109 Å². The molecule has 7 nitrogen and oxygen atoms in total. The van der Waals surface area contributed by atoms with Crippen molar-refractivity contribution in [3.63, 3.8) is 0 Å². The van der Waals surface area contributed by atoms with Gasteiger partial charge in [-0.05, 0) is 42.8 Å². The minimum Gasteiger partial charge on any atom is -0.505 e. The molecule has 1 heterocycles. The Morgan fingerprint density at radius 1 is 1.07 bits per heavy atom. The molecular formula is C20H15F3N2O5. The Bertz CT molecular complexity index is 1200. The van der Waals surface area contributed by atoms with Gasteiger partial charge in [0.1, 0.15) is 6.54 Å². The Hall–Kier alpha value is -3.82. The van der Waals surface area contributed by atoms with Crippen LogP contribution >= 0.6 is 0 Å². The molecule has 3 rings (SSSR count). The second-order valence-electron chi connectivity index (χ2n) is 6.47. The number of aliphatic carboxylic acids is 1. The molecule has 0 aliphatic rings. The Morgan fingerprint density at radius 3 is 2.40 bits per heavy atom. The Kier molecular flexibility index (Phi) is 5.50. The van der Waals surface area contributed by atoms with Gasteiger partial charge in [0, 0.05) is 16.6 Å². The second-order valence-corrected chi connectivity index (χ2v) is 6.47. The fourth-order valence-electron chi connectivity index (χ4n) is 3.16. The number of benzene rings is 2. The summed E-state index contributed by atoms with van der Waals surface area (Å²) in [6.07, 6.45) is -0.478. The van der Waals surface area contributed by atoms with Gasteiger partial charge in [-0.1, -0.05) is 0 Å². The number of nitrogens with one attached hydrogen (secondary N) is 1. The normalized spacial score (nSPS) is 10.9. The van der Waals surface area contributed by atoms with E-state index < -0.39 is 54.0 Å². The third-order valence-electron chi connectivity index (χ3n) is 4.56. The molecule has 3 N–H and O–H groups in total. The summed E-state index contributed by atoms with van der Waals surface area (Å²) in [7, 11) is 0. The molecule has 0 radical (unpaired) electrons. The Labute approximate surface area is 167 Å². The number of carbonyl (C=O) groups excluding carboxylic acids is 2. The van der Waals surface area contributed by atoms with E-state index in [2.05, 4.69) is 5.32 Å². The lowest BCUT2D eigenvalue weighted by Gasteiger charge is -2.08. The average Bonchev–Trinajstić information content (AvgIpc) is 2.97. The third kappa shape index (κ3) is 3.71. The van der Waals surface area contributed by atoms with Crippen molar-refractivity contribution in [2.24, 2.45) is 0 Å². The van der Waals surface area contributed by atoms with Gasteiger partial charge in [0.15, 0.2) is 23.2 Å². The molecule has 0 unspecified atom stereocenters. The van der Waals surface area contributed by atoms with Gasteiger partial charge in [0.25, 0.3) is 5.91 Å². The molecular weight excluding hydrogens is 405 g/mol. The molecule has 0 saturated heterocycles. The van der Waals surface area contributed by atoms with E-state index in [4.69, 9.17) is 5.11 Å². The largest absolute Gasteiger partial charge is 0.505 e. The molecule has 0 aliphatic carbocycles. The van der Waals surface area contributed by atoms with E-state index in [0.29, 0.717) is 6.07 Å². The number of phenols is 1. The molecule has 2 aromatic carbocycles. The first kappa shape index (κ1) is 20.9. The summed E-state index contributed by atoms with van der Waals surface area (Å²) >= 11 is 0.